The van der Waals surface area contributed by atoms with Crippen molar-refractivity contribution in [2.45, 2.75) is 20.8 Å². The second-order valence-corrected chi connectivity index (χ2v) is 4.54. The molecule has 94 valence electrons. The van der Waals surface area contributed by atoms with Crippen LogP contribution in [0.4, 0.5) is 0 Å². The summed E-state index contributed by atoms with van der Waals surface area (Å²) >= 11 is 0. The Bertz CT molecular complexity index is 586. The third-order valence-electron chi connectivity index (χ3n) is 3.22. The molecule has 3 heteroatoms. The zero-order chi connectivity index (χ0) is 13.4. The smallest absolute Gasteiger partial charge is 0.200 e. The highest BCUT2D eigenvalue weighted by Crippen LogP contribution is 2.46. The number of aromatic hydroxyl groups is 3. The van der Waals surface area contributed by atoms with E-state index in [-0.39, 0.29) is 11.5 Å². The van der Waals surface area contributed by atoms with E-state index in [0.29, 0.717) is 11.1 Å². The van der Waals surface area contributed by atoms with Crippen LogP contribution < -0.4 is 0 Å². The average Bonchev–Trinajstić information content (AvgIpc) is 2.34. The molecule has 0 fully saturated rings. The van der Waals surface area contributed by atoms with Crippen LogP contribution in [0.2, 0.25) is 0 Å². The summed E-state index contributed by atoms with van der Waals surface area (Å²) in [4.78, 5) is 0. The number of hydrogen-bond donors (Lipinski definition) is 3. The molecule has 0 saturated heterocycles. The summed E-state index contributed by atoms with van der Waals surface area (Å²) < 4.78 is 0. The SMILES string of the molecule is Cc1cccc(-c2c(C)c(O)c(O)c(O)c2C)c1. The van der Waals surface area contributed by atoms with E-state index in [0.717, 1.165) is 16.7 Å². The minimum atomic E-state index is -0.457. The molecular weight excluding hydrogens is 228 g/mol. The Balaban J connectivity index is 2.80. The van der Waals surface area contributed by atoms with Crippen LogP contribution >= 0.6 is 0 Å². The molecule has 0 unspecified atom stereocenters. The van der Waals surface area contributed by atoms with Crippen LogP contribution in [0.5, 0.6) is 17.2 Å². The van der Waals surface area contributed by atoms with Crippen molar-refractivity contribution in [3.63, 3.8) is 0 Å². The maximum Gasteiger partial charge on any atom is 0.200 e. The van der Waals surface area contributed by atoms with Crippen LogP contribution in [0.15, 0.2) is 24.3 Å². The zero-order valence-electron chi connectivity index (χ0n) is 10.7. The Morgan fingerprint density at radius 1 is 0.778 bits per heavy atom. The third-order valence-corrected chi connectivity index (χ3v) is 3.22. The summed E-state index contributed by atoms with van der Waals surface area (Å²) in [6, 6.07) is 7.79. The minimum absolute atomic E-state index is 0.269. The normalized spacial score (nSPS) is 10.6. The predicted octanol–water partition coefficient (Wildman–Crippen LogP) is 3.40. The quantitative estimate of drug-likeness (QED) is 0.674. The molecular formula is C15H16O3. The fourth-order valence-electron chi connectivity index (χ4n) is 2.22. The van der Waals surface area contributed by atoms with E-state index in [1.807, 2.05) is 31.2 Å². The van der Waals surface area contributed by atoms with Crippen molar-refractivity contribution in [1.82, 2.24) is 0 Å². The van der Waals surface area contributed by atoms with Crippen LogP contribution in [0.3, 0.4) is 0 Å². The third kappa shape index (κ3) is 1.78. The number of phenolic OH excluding ortho intramolecular Hbond substituents is 3. The molecule has 0 bridgehead atoms. The molecule has 0 saturated carbocycles. The van der Waals surface area contributed by atoms with Crippen LogP contribution in [-0.2, 0) is 0 Å². The molecule has 3 nitrogen and oxygen atoms in total. The molecule has 0 amide bonds. The topological polar surface area (TPSA) is 60.7 Å². The van der Waals surface area contributed by atoms with Gasteiger partial charge < -0.3 is 15.3 Å². The molecule has 2 rings (SSSR count). The van der Waals surface area contributed by atoms with Crippen molar-refractivity contribution in [3.8, 4) is 28.4 Å². The van der Waals surface area contributed by atoms with Crippen LogP contribution in [0.25, 0.3) is 11.1 Å². The average molecular weight is 244 g/mol. The molecule has 0 aliphatic heterocycles. The summed E-state index contributed by atoms with van der Waals surface area (Å²) in [7, 11) is 0. The van der Waals surface area contributed by atoms with Crippen molar-refractivity contribution in [1.29, 1.82) is 0 Å². The van der Waals surface area contributed by atoms with Gasteiger partial charge in [-0.2, -0.15) is 0 Å². The molecule has 2 aromatic carbocycles. The summed E-state index contributed by atoms with van der Waals surface area (Å²) in [5.74, 6) is -0.995. The molecule has 0 aliphatic carbocycles. The molecule has 3 N–H and O–H groups in total. The molecule has 18 heavy (non-hydrogen) atoms. The van der Waals surface area contributed by atoms with Gasteiger partial charge in [0.15, 0.2) is 11.5 Å². The van der Waals surface area contributed by atoms with E-state index < -0.39 is 5.75 Å². The maximum atomic E-state index is 9.81. The Morgan fingerprint density at radius 2 is 1.33 bits per heavy atom. The van der Waals surface area contributed by atoms with E-state index in [2.05, 4.69) is 0 Å². The van der Waals surface area contributed by atoms with Crippen molar-refractivity contribution in [2.24, 2.45) is 0 Å². The fraction of sp³-hybridized carbons (Fsp3) is 0.200. The predicted molar refractivity (Wildman–Crippen MR) is 71.1 cm³/mol. The van der Waals surface area contributed by atoms with Crippen molar-refractivity contribution in [3.05, 3.63) is 41.0 Å². The number of benzene rings is 2. The minimum Gasteiger partial charge on any atom is -0.504 e. The molecule has 0 aromatic heterocycles. The van der Waals surface area contributed by atoms with E-state index in [9.17, 15) is 15.3 Å². The van der Waals surface area contributed by atoms with Gasteiger partial charge in [0.1, 0.15) is 0 Å². The second-order valence-electron chi connectivity index (χ2n) is 4.54. The Labute approximate surface area is 106 Å². The lowest BCUT2D eigenvalue weighted by molar-refractivity contribution is 0.365. The Kier molecular flexibility index (Phi) is 2.91. The van der Waals surface area contributed by atoms with E-state index in [1.165, 1.54) is 0 Å². The van der Waals surface area contributed by atoms with Crippen molar-refractivity contribution >= 4 is 0 Å². The van der Waals surface area contributed by atoms with E-state index >= 15 is 0 Å². The summed E-state index contributed by atoms with van der Waals surface area (Å²) in [5, 5.41) is 29.2. The lowest BCUT2D eigenvalue weighted by Crippen LogP contribution is -1.91. The molecule has 0 heterocycles. The number of rotatable bonds is 1. The summed E-state index contributed by atoms with van der Waals surface area (Å²) in [6.07, 6.45) is 0. The highest BCUT2D eigenvalue weighted by atomic mass is 16.3. The molecule has 0 spiro atoms. The van der Waals surface area contributed by atoms with Gasteiger partial charge in [-0.15, -0.1) is 0 Å². The number of phenols is 3. The van der Waals surface area contributed by atoms with Gasteiger partial charge in [0.25, 0.3) is 0 Å². The molecule has 0 radical (unpaired) electrons. The zero-order valence-corrected chi connectivity index (χ0v) is 10.7. The van der Waals surface area contributed by atoms with Gasteiger partial charge in [0.2, 0.25) is 5.75 Å². The van der Waals surface area contributed by atoms with Gasteiger partial charge in [-0.1, -0.05) is 29.8 Å². The number of aryl methyl sites for hydroxylation is 1. The molecule has 0 aliphatic rings. The first kappa shape index (κ1) is 12.3. The first-order valence-corrected chi connectivity index (χ1v) is 5.74. The Hall–Kier alpha value is -2.16. The largest absolute Gasteiger partial charge is 0.504 e. The summed E-state index contributed by atoms with van der Waals surface area (Å²) in [6.45, 7) is 5.42. The standard InChI is InChI=1S/C15H16O3/c1-8-5-4-6-11(7-8)12-9(2)13(16)15(18)14(17)10(12)3/h4-7,16-18H,1-3H3. The van der Waals surface area contributed by atoms with Gasteiger partial charge in [0, 0.05) is 11.1 Å². The van der Waals surface area contributed by atoms with Gasteiger partial charge in [-0.25, -0.2) is 0 Å². The lowest BCUT2D eigenvalue weighted by atomic mass is 9.93. The van der Waals surface area contributed by atoms with Crippen LogP contribution in [0.1, 0.15) is 16.7 Å². The fourth-order valence-corrected chi connectivity index (χ4v) is 2.22. The molecule has 0 atom stereocenters. The van der Waals surface area contributed by atoms with Gasteiger partial charge >= 0.3 is 0 Å². The van der Waals surface area contributed by atoms with Gasteiger partial charge in [-0.3, -0.25) is 0 Å². The van der Waals surface area contributed by atoms with Gasteiger partial charge in [-0.05, 0) is 31.9 Å². The van der Waals surface area contributed by atoms with Gasteiger partial charge in [0.05, 0.1) is 0 Å². The van der Waals surface area contributed by atoms with Crippen molar-refractivity contribution < 1.29 is 15.3 Å². The number of hydrogen-bond acceptors (Lipinski definition) is 3. The maximum absolute atomic E-state index is 9.81. The molecule has 2 aromatic rings. The van der Waals surface area contributed by atoms with Crippen LogP contribution in [-0.4, -0.2) is 15.3 Å². The highest BCUT2D eigenvalue weighted by molar-refractivity contribution is 5.79. The Morgan fingerprint density at radius 3 is 1.83 bits per heavy atom. The first-order valence-electron chi connectivity index (χ1n) is 5.74. The van der Waals surface area contributed by atoms with Crippen molar-refractivity contribution in [2.75, 3.05) is 0 Å². The summed E-state index contributed by atoms with van der Waals surface area (Å²) in [5.41, 5.74) is 3.89. The first-order chi connectivity index (χ1) is 8.43. The highest BCUT2D eigenvalue weighted by Gasteiger charge is 2.19. The second kappa shape index (κ2) is 4.26. The van der Waals surface area contributed by atoms with E-state index in [4.69, 9.17) is 0 Å². The van der Waals surface area contributed by atoms with Crippen LogP contribution in [0, 0.1) is 20.8 Å². The monoisotopic (exact) mass is 244 g/mol. The lowest BCUT2D eigenvalue weighted by Gasteiger charge is -2.15. The van der Waals surface area contributed by atoms with E-state index in [1.54, 1.807) is 13.8 Å².